The smallest absolute Gasteiger partial charge is 0.230 e. The standard InChI is InChI=1S/C17H19NO2S2/c1-2-6-18-17(20)12-21-11-16-8-15(10-22-16)14-5-3-4-13(7-14)9-19/h3-5,7-10H,2,6,11-12H2,1H3,(H,18,20). The highest BCUT2D eigenvalue weighted by atomic mass is 32.2. The van der Waals surface area contributed by atoms with Crippen LogP contribution in [0.3, 0.4) is 0 Å². The van der Waals surface area contributed by atoms with E-state index in [1.54, 1.807) is 29.2 Å². The first-order valence-electron chi connectivity index (χ1n) is 7.20. The first kappa shape index (κ1) is 16.8. The quantitative estimate of drug-likeness (QED) is 0.743. The number of thioether (sulfide) groups is 1. The van der Waals surface area contributed by atoms with Crippen molar-refractivity contribution in [1.29, 1.82) is 0 Å². The summed E-state index contributed by atoms with van der Waals surface area (Å²) in [5, 5.41) is 4.97. The van der Waals surface area contributed by atoms with Gasteiger partial charge in [0, 0.05) is 22.7 Å². The maximum absolute atomic E-state index is 11.5. The number of rotatable bonds is 8. The Bertz CT molecular complexity index is 637. The lowest BCUT2D eigenvalue weighted by Gasteiger charge is -2.02. The van der Waals surface area contributed by atoms with Crippen LogP contribution in [-0.4, -0.2) is 24.5 Å². The zero-order valence-electron chi connectivity index (χ0n) is 12.5. The Labute approximate surface area is 139 Å². The lowest BCUT2D eigenvalue weighted by atomic mass is 10.1. The average molecular weight is 333 g/mol. The van der Waals surface area contributed by atoms with Crippen LogP contribution in [-0.2, 0) is 10.5 Å². The van der Waals surface area contributed by atoms with Crippen LogP contribution in [0.4, 0.5) is 0 Å². The average Bonchev–Trinajstić information content (AvgIpc) is 3.02. The molecule has 0 bridgehead atoms. The molecule has 0 radical (unpaired) electrons. The number of thiophene rings is 1. The minimum atomic E-state index is 0.0994. The number of carbonyl (C=O) groups excluding carboxylic acids is 2. The lowest BCUT2D eigenvalue weighted by molar-refractivity contribution is -0.118. The second-order valence-electron chi connectivity index (χ2n) is 4.89. The van der Waals surface area contributed by atoms with Gasteiger partial charge >= 0.3 is 0 Å². The molecule has 1 aromatic carbocycles. The van der Waals surface area contributed by atoms with E-state index in [4.69, 9.17) is 0 Å². The van der Waals surface area contributed by atoms with E-state index >= 15 is 0 Å². The van der Waals surface area contributed by atoms with Gasteiger partial charge in [-0.05, 0) is 35.1 Å². The number of hydrogen-bond acceptors (Lipinski definition) is 4. The summed E-state index contributed by atoms with van der Waals surface area (Å²) < 4.78 is 0. The molecule has 0 atom stereocenters. The Morgan fingerprint density at radius 3 is 2.95 bits per heavy atom. The van der Waals surface area contributed by atoms with E-state index in [-0.39, 0.29) is 5.91 Å². The Morgan fingerprint density at radius 2 is 2.18 bits per heavy atom. The minimum absolute atomic E-state index is 0.0994. The number of benzene rings is 1. The van der Waals surface area contributed by atoms with Crippen molar-refractivity contribution in [2.45, 2.75) is 19.1 Å². The minimum Gasteiger partial charge on any atom is -0.355 e. The molecule has 0 unspecified atom stereocenters. The number of amides is 1. The van der Waals surface area contributed by atoms with Crippen LogP contribution in [0.5, 0.6) is 0 Å². The van der Waals surface area contributed by atoms with E-state index < -0.39 is 0 Å². The fraction of sp³-hybridized carbons (Fsp3) is 0.294. The number of hydrogen-bond donors (Lipinski definition) is 1. The number of nitrogens with one attached hydrogen (secondary N) is 1. The molecule has 2 aromatic rings. The summed E-state index contributed by atoms with van der Waals surface area (Å²) in [6.45, 7) is 2.79. The van der Waals surface area contributed by atoms with Crippen LogP contribution < -0.4 is 5.32 Å². The fourth-order valence-electron chi connectivity index (χ4n) is 1.96. The van der Waals surface area contributed by atoms with Crippen molar-refractivity contribution in [3.8, 4) is 11.1 Å². The van der Waals surface area contributed by atoms with Crippen LogP contribution in [0.25, 0.3) is 11.1 Å². The first-order valence-corrected chi connectivity index (χ1v) is 9.24. The molecule has 1 aromatic heterocycles. The van der Waals surface area contributed by atoms with Crippen molar-refractivity contribution in [3.63, 3.8) is 0 Å². The summed E-state index contributed by atoms with van der Waals surface area (Å²) >= 11 is 3.31. The third-order valence-corrected chi connectivity index (χ3v) is 5.16. The molecule has 0 aliphatic heterocycles. The highest BCUT2D eigenvalue weighted by Crippen LogP contribution is 2.28. The van der Waals surface area contributed by atoms with Gasteiger partial charge in [-0.2, -0.15) is 0 Å². The molecular weight excluding hydrogens is 314 g/mol. The molecule has 116 valence electrons. The molecule has 3 nitrogen and oxygen atoms in total. The number of carbonyl (C=O) groups is 2. The first-order chi connectivity index (χ1) is 10.7. The Hall–Kier alpha value is -1.59. The maximum Gasteiger partial charge on any atom is 0.230 e. The highest BCUT2D eigenvalue weighted by Gasteiger charge is 2.05. The zero-order chi connectivity index (χ0) is 15.8. The molecule has 0 saturated carbocycles. The van der Waals surface area contributed by atoms with Crippen molar-refractivity contribution in [3.05, 3.63) is 46.2 Å². The van der Waals surface area contributed by atoms with E-state index in [2.05, 4.69) is 16.8 Å². The molecule has 1 N–H and O–H groups in total. The van der Waals surface area contributed by atoms with Gasteiger partial charge in [-0.1, -0.05) is 25.1 Å². The summed E-state index contributed by atoms with van der Waals surface area (Å²) in [6.07, 6.45) is 1.83. The van der Waals surface area contributed by atoms with Crippen molar-refractivity contribution in [1.82, 2.24) is 5.32 Å². The van der Waals surface area contributed by atoms with E-state index in [0.29, 0.717) is 11.3 Å². The third-order valence-electron chi connectivity index (χ3n) is 3.06. The van der Waals surface area contributed by atoms with Crippen LogP contribution in [0.15, 0.2) is 35.7 Å². The van der Waals surface area contributed by atoms with Crippen molar-refractivity contribution in [2.24, 2.45) is 0 Å². The Morgan fingerprint density at radius 1 is 1.32 bits per heavy atom. The molecule has 5 heteroatoms. The van der Waals surface area contributed by atoms with Crippen molar-refractivity contribution >= 4 is 35.3 Å². The second-order valence-corrected chi connectivity index (χ2v) is 6.87. The monoisotopic (exact) mass is 333 g/mol. The van der Waals surface area contributed by atoms with Gasteiger partial charge in [0.15, 0.2) is 0 Å². The van der Waals surface area contributed by atoms with Crippen LogP contribution in [0, 0.1) is 0 Å². The van der Waals surface area contributed by atoms with Gasteiger partial charge in [0.05, 0.1) is 5.75 Å². The third kappa shape index (κ3) is 5.00. The van der Waals surface area contributed by atoms with Gasteiger partial charge in [0.1, 0.15) is 6.29 Å². The molecule has 2 rings (SSSR count). The van der Waals surface area contributed by atoms with Crippen molar-refractivity contribution in [2.75, 3.05) is 12.3 Å². The summed E-state index contributed by atoms with van der Waals surface area (Å²) in [5.74, 6) is 1.42. The SMILES string of the molecule is CCCNC(=O)CSCc1cc(-c2cccc(C=O)c2)cs1. The summed E-state index contributed by atoms with van der Waals surface area (Å²) in [5.41, 5.74) is 2.87. The van der Waals surface area contributed by atoms with E-state index in [1.165, 1.54) is 4.88 Å². The van der Waals surface area contributed by atoms with E-state index in [1.807, 2.05) is 25.1 Å². The van der Waals surface area contributed by atoms with Crippen LogP contribution in [0.1, 0.15) is 28.6 Å². The number of aldehydes is 1. The topological polar surface area (TPSA) is 46.2 Å². The largest absolute Gasteiger partial charge is 0.355 e. The molecule has 1 amide bonds. The van der Waals surface area contributed by atoms with Gasteiger partial charge in [-0.25, -0.2) is 0 Å². The van der Waals surface area contributed by atoms with Gasteiger partial charge in [-0.15, -0.1) is 23.1 Å². The summed E-state index contributed by atoms with van der Waals surface area (Å²) in [4.78, 5) is 23.6. The predicted molar refractivity (Wildman–Crippen MR) is 94.6 cm³/mol. The molecular formula is C17H19NO2S2. The maximum atomic E-state index is 11.5. The molecule has 1 heterocycles. The Kier molecular flexibility index (Phi) is 6.68. The zero-order valence-corrected chi connectivity index (χ0v) is 14.1. The van der Waals surface area contributed by atoms with Gasteiger partial charge in [-0.3, -0.25) is 9.59 Å². The van der Waals surface area contributed by atoms with Gasteiger partial charge < -0.3 is 5.32 Å². The van der Waals surface area contributed by atoms with Gasteiger partial charge in [0.25, 0.3) is 0 Å². The van der Waals surface area contributed by atoms with Crippen LogP contribution in [0.2, 0.25) is 0 Å². The van der Waals surface area contributed by atoms with Crippen molar-refractivity contribution < 1.29 is 9.59 Å². The summed E-state index contributed by atoms with van der Waals surface area (Å²) in [7, 11) is 0. The molecule has 22 heavy (non-hydrogen) atoms. The predicted octanol–water partition coefficient (Wildman–Crippen LogP) is 3.99. The van der Waals surface area contributed by atoms with E-state index in [0.717, 1.165) is 36.1 Å². The second kappa shape index (κ2) is 8.76. The molecule has 0 saturated heterocycles. The molecule has 0 spiro atoms. The lowest BCUT2D eigenvalue weighted by Crippen LogP contribution is -2.25. The van der Waals surface area contributed by atoms with E-state index in [9.17, 15) is 9.59 Å². The van der Waals surface area contributed by atoms with Gasteiger partial charge in [0.2, 0.25) is 5.91 Å². The van der Waals surface area contributed by atoms with Crippen LogP contribution >= 0.6 is 23.1 Å². The summed E-state index contributed by atoms with van der Waals surface area (Å²) in [6, 6.07) is 9.72. The normalized spacial score (nSPS) is 10.4. The Balaban J connectivity index is 1.88. The fourth-order valence-corrected chi connectivity index (χ4v) is 3.83. The molecule has 0 aliphatic carbocycles. The molecule has 0 fully saturated rings. The molecule has 0 aliphatic rings. The highest BCUT2D eigenvalue weighted by molar-refractivity contribution is 7.99.